The van der Waals surface area contributed by atoms with Gasteiger partial charge in [-0.05, 0) is 0 Å². The summed E-state index contributed by atoms with van der Waals surface area (Å²) < 4.78 is 0. The van der Waals surface area contributed by atoms with Crippen LogP contribution in [0.3, 0.4) is 0 Å². The second-order valence-electron chi connectivity index (χ2n) is 0. The molecule has 0 fully saturated rings. The molecule has 0 aromatic carbocycles. The Kier molecular flexibility index (Phi) is 274. The average Bonchev–Trinajstić information content (AvgIpc) is 0. The first-order valence-corrected chi connectivity index (χ1v) is 0. The van der Waals surface area contributed by atoms with Crippen molar-refractivity contribution >= 4 is 37.7 Å². The third-order valence-corrected chi connectivity index (χ3v) is 0. The average molecular weight is 192 g/mol. The van der Waals surface area contributed by atoms with Crippen molar-refractivity contribution in [2.45, 2.75) is 0 Å². The van der Waals surface area contributed by atoms with Crippen LogP contribution >= 0.6 is 0 Å². The summed E-state index contributed by atoms with van der Waals surface area (Å²) in [6.45, 7) is 0. The molecule has 0 saturated heterocycles. The molecule has 0 spiro atoms. The molecule has 0 radical (unpaired) electrons. The largest absolute Gasteiger partial charge is 2.00 e. The topological polar surface area (TPSA) is 0 Å². The molecular weight excluding hydrogens is 192 g/mol. The molecule has 0 aliphatic carbocycles. The first kappa shape index (κ1) is 47.7. The fraction of sp³-hybridized carbons (Fsp3) is 0. The molecule has 0 aliphatic heterocycles. The van der Waals surface area contributed by atoms with Crippen molar-refractivity contribution in [2.75, 3.05) is 0 Å². The zero-order chi connectivity index (χ0) is 0. The maximum absolute atomic E-state index is 0. The Morgan fingerprint density at radius 1 is 0.667 bits per heavy atom. The van der Waals surface area contributed by atoms with Gasteiger partial charge in [-0.25, -0.2) is 0 Å². The molecule has 6 heteroatoms. The Bertz CT molecular complexity index is 10.8. The van der Waals surface area contributed by atoms with E-state index in [0.29, 0.717) is 0 Å². The van der Waals surface area contributed by atoms with Crippen molar-refractivity contribution in [1.82, 2.24) is 0 Å². The van der Waals surface area contributed by atoms with Crippen LogP contribution in [0.4, 0.5) is 0 Å². The van der Waals surface area contributed by atoms with Crippen molar-refractivity contribution in [2.24, 2.45) is 0 Å². The zero-order valence-corrected chi connectivity index (χ0v) is 11.4. The molecule has 0 atom stereocenters. The van der Waals surface area contributed by atoms with Gasteiger partial charge >= 0.3 is 108 Å². The van der Waals surface area contributed by atoms with Crippen LogP contribution in [0.25, 0.3) is 0 Å². The summed E-state index contributed by atoms with van der Waals surface area (Å²) in [6.07, 6.45) is 0. The van der Waals surface area contributed by atoms with E-state index >= 15 is 0 Å². The van der Waals surface area contributed by atoms with Crippen molar-refractivity contribution in [3.05, 3.63) is 0 Å². The van der Waals surface area contributed by atoms with E-state index in [1.165, 1.54) is 0 Å². The van der Waals surface area contributed by atoms with Crippen LogP contribution in [0, 0.1) is 0 Å². The molecule has 0 amide bonds. The molecule has 0 N–H and O–H groups in total. The number of halogens is 3. The normalized spacial score (nSPS) is 0. The zero-order valence-electron chi connectivity index (χ0n) is 3.84. The Labute approximate surface area is 141 Å². The Hall–Kier alpha value is 4.36. The molecule has 0 unspecified atom stereocenters. The van der Waals surface area contributed by atoms with E-state index in [1.807, 2.05) is 0 Å². The van der Waals surface area contributed by atoms with Crippen LogP contribution in [0.5, 0.6) is 0 Å². The predicted molar refractivity (Wildman–Crippen MR) is 5.75 cm³/mol. The molecule has 0 aromatic heterocycles. The van der Waals surface area contributed by atoms with Crippen LogP contribution in [-0.4, -0.2) is 37.7 Å². The third kappa shape index (κ3) is 23.8. The molecule has 0 aliphatic rings. The SMILES string of the molecule is [Ca+2].[Cl-].[Cl-].[Cl-].[K+].[Li+]. The minimum Gasteiger partial charge on any atom is -1.00 e. The molecule has 0 nitrogen and oxygen atoms in total. The minimum atomic E-state index is 0. The Balaban J connectivity index is 0. The number of hydrogen-bond donors (Lipinski definition) is 0. The Morgan fingerprint density at radius 3 is 0.667 bits per heavy atom. The van der Waals surface area contributed by atoms with Gasteiger partial charge in [0.2, 0.25) is 0 Å². The summed E-state index contributed by atoms with van der Waals surface area (Å²) in [4.78, 5) is 0. The van der Waals surface area contributed by atoms with E-state index in [1.54, 1.807) is 0 Å². The van der Waals surface area contributed by atoms with E-state index in [4.69, 9.17) is 0 Å². The van der Waals surface area contributed by atoms with Crippen LogP contribution in [0.1, 0.15) is 0 Å². The smallest absolute Gasteiger partial charge is 1.00 e. The van der Waals surface area contributed by atoms with E-state index in [2.05, 4.69) is 0 Å². The monoisotopic (exact) mass is 191 g/mol. The van der Waals surface area contributed by atoms with Gasteiger partial charge in [-0.2, -0.15) is 0 Å². The van der Waals surface area contributed by atoms with Gasteiger partial charge in [-0.1, -0.05) is 0 Å². The van der Waals surface area contributed by atoms with Gasteiger partial charge in [-0.3, -0.25) is 0 Å². The molecule has 0 rings (SSSR count). The first-order chi connectivity index (χ1) is 0. The summed E-state index contributed by atoms with van der Waals surface area (Å²) >= 11 is 0. The van der Waals surface area contributed by atoms with Gasteiger partial charge in [0.1, 0.15) is 0 Å². The van der Waals surface area contributed by atoms with Crippen molar-refractivity contribution in [3.8, 4) is 0 Å². The maximum Gasteiger partial charge on any atom is 2.00 e. The number of rotatable bonds is 0. The van der Waals surface area contributed by atoms with E-state index in [-0.39, 0.29) is 145 Å². The summed E-state index contributed by atoms with van der Waals surface area (Å²) in [5, 5.41) is 0. The first-order valence-electron chi connectivity index (χ1n) is 0. The molecule has 0 bridgehead atoms. The van der Waals surface area contributed by atoms with Gasteiger partial charge in [0.05, 0.1) is 0 Å². The Morgan fingerprint density at radius 2 is 0.667 bits per heavy atom. The molecule has 0 heterocycles. The molecule has 0 saturated carbocycles. The summed E-state index contributed by atoms with van der Waals surface area (Å²) in [5.41, 5.74) is 0. The van der Waals surface area contributed by atoms with Gasteiger partial charge < -0.3 is 37.2 Å². The summed E-state index contributed by atoms with van der Waals surface area (Å²) in [6, 6.07) is 0. The fourth-order valence-corrected chi connectivity index (χ4v) is 0. The fourth-order valence-electron chi connectivity index (χ4n) is 0. The van der Waals surface area contributed by atoms with Gasteiger partial charge in [-0.15, -0.1) is 0 Å². The standard InChI is InChI=1S/Ca.3ClH.K.Li/h;3*1H;;/q+2;;;;2*+1/p-3. The van der Waals surface area contributed by atoms with Crippen LogP contribution in [-0.2, 0) is 0 Å². The summed E-state index contributed by atoms with van der Waals surface area (Å²) in [5.74, 6) is 0. The van der Waals surface area contributed by atoms with E-state index in [0.717, 1.165) is 0 Å². The van der Waals surface area contributed by atoms with Crippen LogP contribution in [0.2, 0.25) is 0 Å². The van der Waals surface area contributed by atoms with Gasteiger partial charge in [0, 0.05) is 0 Å². The molecule has 0 aromatic rings. The quantitative estimate of drug-likeness (QED) is 0.335. The third-order valence-electron chi connectivity index (χ3n) is 0. The second-order valence-corrected chi connectivity index (χ2v) is 0. The van der Waals surface area contributed by atoms with Gasteiger partial charge in [0.15, 0.2) is 0 Å². The van der Waals surface area contributed by atoms with Crippen LogP contribution < -0.4 is 107 Å². The van der Waals surface area contributed by atoms with Gasteiger partial charge in [0.25, 0.3) is 0 Å². The van der Waals surface area contributed by atoms with Crippen molar-refractivity contribution in [1.29, 1.82) is 0 Å². The summed E-state index contributed by atoms with van der Waals surface area (Å²) in [7, 11) is 0. The number of hydrogen-bond acceptors (Lipinski definition) is 0. The van der Waals surface area contributed by atoms with E-state index in [9.17, 15) is 0 Å². The van der Waals surface area contributed by atoms with Crippen molar-refractivity contribution in [3.63, 3.8) is 0 Å². The van der Waals surface area contributed by atoms with Crippen molar-refractivity contribution < 1.29 is 107 Å². The van der Waals surface area contributed by atoms with E-state index < -0.39 is 0 Å². The predicted octanol–water partition coefficient (Wildman–Crippen LogP) is -15.4. The molecule has 24 valence electrons. The molecular formula is CaCl3KLi+. The molecule has 6 heavy (non-hydrogen) atoms. The maximum atomic E-state index is 0. The van der Waals surface area contributed by atoms with Crippen LogP contribution in [0.15, 0.2) is 0 Å². The second kappa shape index (κ2) is 34.4. The minimum absolute atomic E-state index is 0.